The molecular formula is C11H11BrN2O2S. The van der Waals surface area contributed by atoms with Gasteiger partial charge in [-0.3, -0.25) is 0 Å². The van der Waals surface area contributed by atoms with Gasteiger partial charge in [0.15, 0.2) is 0 Å². The molecule has 0 spiro atoms. The molecule has 6 heteroatoms. The van der Waals surface area contributed by atoms with Gasteiger partial charge in [0, 0.05) is 5.39 Å². The number of ether oxygens (including phenoxy) is 1. The summed E-state index contributed by atoms with van der Waals surface area (Å²) in [5, 5.41) is 0.892. The molecule has 0 saturated carbocycles. The summed E-state index contributed by atoms with van der Waals surface area (Å²) in [7, 11) is 0. The highest BCUT2D eigenvalue weighted by Gasteiger charge is 2.20. The van der Waals surface area contributed by atoms with Crippen LogP contribution >= 0.6 is 27.3 Å². The number of aromatic nitrogens is 2. The molecule has 90 valence electrons. The van der Waals surface area contributed by atoms with Gasteiger partial charge in [-0.2, -0.15) is 0 Å². The summed E-state index contributed by atoms with van der Waals surface area (Å²) in [6.45, 7) is 5.89. The second kappa shape index (κ2) is 4.70. The van der Waals surface area contributed by atoms with Crippen molar-refractivity contribution in [1.82, 2.24) is 9.97 Å². The SMILES string of the molecule is CCOC(=O)c1sc2nc(C)nc(C)c2c1Br. The van der Waals surface area contributed by atoms with Crippen molar-refractivity contribution in [3.8, 4) is 0 Å². The van der Waals surface area contributed by atoms with Crippen LogP contribution < -0.4 is 0 Å². The summed E-state index contributed by atoms with van der Waals surface area (Å²) < 4.78 is 5.73. The zero-order valence-electron chi connectivity index (χ0n) is 9.70. The highest BCUT2D eigenvalue weighted by molar-refractivity contribution is 9.10. The van der Waals surface area contributed by atoms with Gasteiger partial charge in [-0.25, -0.2) is 14.8 Å². The molecule has 0 unspecified atom stereocenters. The highest BCUT2D eigenvalue weighted by atomic mass is 79.9. The number of fused-ring (bicyclic) bond motifs is 1. The van der Waals surface area contributed by atoms with Gasteiger partial charge in [0.25, 0.3) is 0 Å². The van der Waals surface area contributed by atoms with E-state index in [1.807, 2.05) is 13.8 Å². The average Bonchev–Trinajstić information content (AvgIpc) is 2.56. The Kier molecular flexibility index (Phi) is 3.44. The molecule has 0 amide bonds. The monoisotopic (exact) mass is 314 g/mol. The van der Waals surface area contributed by atoms with E-state index < -0.39 is 0 Å². The van der Waals surface area contributed by atoms with Crippen LogP contribution in [0.1, 0.15) is 28.1 Å². The van der Waals surface area contributed by atoms with E-state index in [1.54, 1.807) is 6.92 Å². The molecule has 17 heavy (non-hydrogen) atoms. The van der Waals surface area contributed by atoms with Crippen molar-refractivity contribution in [2.24, 2.45) is 0 Å². The van der Waals surface area contributed by atoms with Gasteiger partial charge in [0.05, 0.1) is 16.8 Å². The molecule has 0 aromatic carbocycles. The number of esters is 1. The summed E-state index contributed by atoms with van der Waals surface area (Å²) >= 11 is 4.76. The third kappa shape index (κ3) is 2.19. The maximum Gasteiger partial charge on any atom is 0.349 e. The van der Waals surface area contributed by atoms with Crippen molar-refractivity contribution in [1.29, 1.82) is 0 Å². The third-order valence-corrected chi connectivity index (χ3v) is 4.37. The van der Waals surface area contributed by atoms with Crippen molar-refractivity contribution < 1.29 is 9.53 Å². The molecule has 0 atom stereocenters. The quantitative estimate of drug-likeness (QED) is 0.798. The molecule has 0 aliphatic heterocycles. The molecule has 0 fully saturated rings. The number of thiophene rings is 1. The lowest BCUT2D eigenvalue weighted by molar-refractivity contribution is 0.0531. The van der Waals surface area contributed by atoms with Crippen LogP contribution in [0.25, 0.3) is 10.2 Å². The lowest BCUT2D eigenvalue weighted by atomic mass is 10.3. The Bertz CT molecular complexity index is 595. The topological polar surface area (TPSA) is 52.1 Å². The smallest absolute Gasteiger partial charge is 0.349 e. The number of nitrogens with zero attached hydrogens (tertiary/aromatic N) is 2. The van der Waals surface area contributed by atoms with Crippen LogP contribution in [0.3, 0.4) is 0 Å². The summed E-state index contributed by atoms with van der Waals surface area (Å²) in [4.78, 5) is 21.7. The van der Waals surface area contributed by atoms with E-state index in [4.69, 9.17) is 4.74 Å². The van der Waals surface area contributed by atoms with Gasteiger partial charge < -0.3 is 4.74 Å². The largest absolute Gasteiger partial charge is 0.462 e. The maximum absolute atomic E-state index is 11.7. The Balaban J connectivity index is 2.64. The van der Waals surface area contributed by atoms with Crippen molar-refractivity contribution in [3.63, 3.8) is 0 Å². The number of hydrogen-bond donors (Lipinski definition) is 0. The van der Waals surface area contributed by atoms with Crippen LogP contribution in [0.4, 0.5) is 0 Å². The fourth-order valence-electron chi connectivity index (χ4n) is 1.59. The van der Waals surface area contributed by atoms with Crippen molar-refractivity contribution in [2.45, 2.75) is 20.8 Å². The van der Waals surface area contributed by atoms with Crippen LogP contribution in [-0.2, 0) is 4.74 Å². The lowest BCUT2D eigenvalue weighted by Crippen LogP contribution is -2.02. The number of carbonyl (C=O) groups is 1. The number of halogens is 1. The minimum Gasteiger partial charge on any atom is -0.462 e. The van der Waals surface area contributed by atoms with E-state index in [1.165, 1.54) is 11.3 Å². The van der Waals surface area contributed by atoms with Gasteiger partial charge in [-0.15, -0.1) is 11.3 Å². The van der Waals surface area contributed by atoms with E-state index in [0.29, 0.717) is 17.3 Å². The third-order valence-electron chi connectivity index (χ3n) is 2.25. The zero-order valence-corrected chi connectivity index (χ0v) is 12.1. The fourth-order valence-corrected chi connectivity index (χ4v) is 3.66. The fraction of sp³-hybridized carbons (Fsp3) is 0.364. The van der Waals surface area contributed by atoms with E-state index in [2.05, 4.69) is 25.9 Å². The van der Waals surface area contributed by atoms with Crippen LogP contribution in [0.15, 0.2) is 4.47 Å². The minimum atomic E-state index is -0.320. The summed E-state index contributed by atoms with van der Waals surface area (Å²) in [6, 6.07) is 0. The zero-order chi connectivity index (χ0) is 12.6. The van der Waals surface area contributed by atoms with Crippen LogP contribution in [0, 0.1) is 13.8 Å². The average molecular weight is 315 g/mol. The Morgan fingerprint density at radius 3 is 2.76 bits per heavy atom. The number of rotatable bonds is 2. The first-order valence-corrected chi connectivity index (χ1v) is 6.76. The van der Waals surface area contributed by atoms with Crippen molar-refractivity contribution in [2.75, 3.05) is 6.61 Å². The van der Waals surface area contributed by atoms with Crippen LogP contribution in [0.5, 0.6) is 0 Å². The lowest BCUT2D eigenvalue weighted by Gasteiger charge is -1.99. The molecule has 2 aromatic heterocycles. The Hall–Kier alpha value is -1.01. The molecule has 0 aliphatic rings. The second-order valence-electron chi connectivity index (χ2n) is 3.50. The van der Waals surface area contributed by atoms with Gasteiger partial charge in [0.1, 0.15) is 15.5 Å². The number of carbonyl (C=O) groups excluding carboxylic acids is 1. The summed E-state index contributed by atoms with van der Waals surface area (Å²) in [6.07, 6.45) is 0. The standard InChI is InChI=1S/C11H11BrN2O2S/c1-4-16-11(15)9-8(12)7-5(2)13-6(3)14-10(7)17-9/h4H2,1-3H3. The second-order valence-corrected chi connectivity index (χ2v) is 5.29. The van der Waals surface area contributed by atoms with E-state index >= 15 is 0 Å². The van der Waals surface area contributed by atoms with Crippen molar-refractivity contribution in [3.05, 3.63) is 20.9 Å². The molecule has 4 nitrogen and oxygen atoms in total. The first-order chi connectivity index (χ1) is 8.04. The predicted octanol–water partition coefficient (Wildman–Crippen LogP) is 3.25. The van der Waals surface area contributed by atoms with Gasteiger partial charge >= 0.3 is 5.97 Å². The normalized spacial score (nSPS) is 10.8. The summed E-state index contributed by atoms with van der Waals surface area (Å²) in [5.74, 6) is 0.388. The Morgan fingerprint density at radius 2 is 2.12 bits per heavy atom. The van der Waals surface area contributed by atoms with E-state index in [9.17, 15) is 4.79 Å². The highest BCUT2D eigenvalue weighted by Crippen LogP contribution is 2.36. The summed E-state index contributed by atoms with van der Waals surface area (Å²) in [5.41, 5.74) is 0.867. The first kappa shape index (κ1) is 12.4. The molecule has 0 N–H and O–H groups in total. The van der Waals surface area contributed by atoms with Crippen molar-refractivity contribution >= 4 is 43.5 Å². The minimum absolute atomic E-state index is 0.320. The van der Waals surface area contributed by atoms with Crippen LogP contribution in [0.2, 0.25) is 0 Å². The predicted molar refractivity (Wildman–Crippen MR) is 70.5 cm³/mol. The maximum atomic E-state index is 11.7. The molecule has 2 rings (SSSR count). The number of aryl methyl sites for hydroxylation is 2. The van der Waals surface area contributed by atoms with E-state index in [-0.39, 0.29) is 5.97 Å². The van der Waals surface area contributed by atoms with Crippen LogP contribution in [-0.4, -0.2) is 22.5 Å². The first-order valence-electron chi connectivity index (χ1n) is 5.15. The molecule has 2 heterocycles. The molecule has 0 radical (unpaired) electrons. The molecular weight excluding hydrogens is 304 g/mol. The Labute approximate surface area is 111 Å². The van der Waals surface area contributed by atoms with Gasteiger partial charge in [0.2, 0.25) is 0 Å². The molecule has 0 bridgehead atoms. The molecule has 2 aromatic rings. The van der Waals surface area contributed by atoms with E-state index in [0.717, 1.165) is 20.4 Å². The van der Waals surface area contributed by atoms with Gasteiger partial charge in [-0.05, 0) is 36.7 Å². The number of hydrogen-bond acceptors (Lipinski definition) is 5. The molecule has 0 aliphatic carbocycles. The Morgan fingerprint density at radius 1 is 1.41 bits per heavy atom. The van der Waals surface area contributed by atoms with Gasteiger partial charge in [-0.1, -0.05) is 0 Å². The molecule has 0 saturated heterocycles.